The first-order valence-corrected chi connectivity index (χ1v) is 3.96. The molecular formula is C9H5F5O2. The maximum absolute atomic E-state index is 12.7. The number of ether oxygens (including phenoxy) is 1. The van der Waals surface area contributed by atoms with Crippen molar-refractivity contribution < 1.29 is 31.5 Å². The molecule has 1 aromatic rings. The van der Waals surface area contributed by atoms with Crippen LogP contribution in [0.1, 0.15) is 17.3 Å². The van der Waals surface area contributed by atoms with E-state index in [-0.39, 0.29) is 6.07 Å². The maximum atomic E-state index is 12.7. The van der Waals surface area contributed by atoms with Crippen LogP contribution in [-0.2, 0) is 0 Å². The van der Waals surface area contributed by atoms with E-state index in [0.717, 1.165) is 6.92 Å². The van der Waals surface area contributed by atoms with Gasteiger partial charge in [0.15, 0.2) is 17.4 Å². The molecule has 0 N–H and O–H groups in total. The average Bonchev–Trinajstić information content (AvgIpc) is 2.07. The zero-order valence-electron chi connectivity index (χ0n) is 7.86. The number of carbonyl (C=O) groups is 1. The average molecular weight is 240 g/mol. The van der Waals surface area contributed by atoms with Gasteiger partial charge < -0.3 is 4.74 Å². The normalized spacial score (nSPS) is 11.4. The highest BCUT2D eigenvalue weighted by Crippen LogP contribution is 2.28. The summed E-state index contributed by atoms with van der Waals surface area (Å²) in [5.41, 5.74) is -0.670. The third kappa shape index (κ3) is 2.91. The van der Waals surface area contributed by atoms with Crippen molar-refractivity contribution in [3.63, 3.8) is 0 Å². The lowest BCUT2D eigenvalue weighted by molar-refractivity contribution is -0.274. The number of benzene rings is 1. The zero-order valence-corrected chi connectivity index (χ0v) is 7.86. The van der Waals surface area contributed by atoms with Gasteiger partial charge in [-0.15, -0.1) is 13.2 Å². The molecule has 0 amide bonds. The number of ketones is 1. The first-order chi connectivity index (χ1) is 7.20. The largest absolute Gasteiger partial charge is 0.573 e. The Morgan fingerprint density at radius 1 is 1.19 bits per heavy atom. The fourth-order valence-electron chi connectivity index (χ4n) is 1.01. The molecule has 16 heavy (non-hydrogen) atoms. The number of Topliss-reactive ketones (excluding diaryl/α,β-unsaturated/α-hetero) is 1. The van der Waals surface area contributed by atoms with Gasteiger partial charge in [0.1, 0.15) is 5.75 Å². The van der Waals surface area contributed by atoms with Crippen LogP contribution < -0.4 is 4.74 Å². The van der Waals surface area contributed by atoms with Gasteiger partial charge in [-0.25, -0.2) is 8.78 Å². The number of halogens is 5. The molecule has 2 nitrogen and oxygen atoms in total. The van der Waals surface area contributed by atoms with E-state index in [1.807, 2.05) is 0 Å². The Bertz CT molecular complexity index is 425. The van der Waals surface area contributed by atoms with E-state index in [4.69, 9.17) is 0 Å². The van der Waals surface area contributed by atoms with Gasteiger partial charge in [-0.2, -0.15) is 0 Å². The summed E-state index contributed by atoms with van der Waals surface area (Å²) in [6.07, 6.45) is -5.07. The minimum Gasteiger partial charge on any atom is -0.405 e. The predicted octanol–water partition coefficient (Wildman–Crippen LogP) is 3.07. The van der Waals surface area contributed by atoms with E-state index < -0.39 is 35.1 Å². The molecule has 0 aliphatic rings. The zero-order chi connectivity index (χ0) is 12.5. The molecule has 7 heteroatoms. The first kappa shape index (κ1) is 12.4. The second-order valence-electron chi connectivity index (χ2n) is 2.87. The summed E-state index contributed by atoms with van der Waals surface area (Å²) in [5.74, 6) is -4.86. The van der Waals surface area contributed by atoms with Gasteiger partial charge in [0.05, 0.1) is 5.56 Å². The summed E-state index contributed by atoms with van der Waals surface area (Å²) in [7, 11) is 0. The molecule has 0 saturated heterocycles. The van der Waals surface area contributed by atoms with Crippen molar-refractivity contribution in [2.24, 2.45) is 0 Å². The molecule has 0 unspecified atom stereocenters. The van der Waals surface area contributed by atoms with Gasteiger partial charge in [-0.1, -0.05) is 0 Å². The molecule has 0 heterocycles. The molecule has 0 saturated carbocycles. The van der Waals surface area contributed by atoms with Crippen LogP contribution in [0.15, 0.2) is 12.1 Å². The summed E-state index contributed by atoms with van der Waals surface area (Å²) in [5, 5.41) is 0. The summed E-state index contributed by atoms with van der Waals surface area (Å²) in [6, 6.07) is 0.540. The fourth-order valence-corrected chi connectivity index (χ4v) is 1.01. The smallest absolute Gasteiger partial charge is 0.405 e. The van der Waals surface area contributed by atoms with Crippen molar-refractivity contribution in [1.82, 2.24) is 0 Å². The van der Waals surface area contributed by atoms with Crippen molar-refractivity contribution in [2.75, 3.05) is 0 Å². The van der Waals surface area contributed by atoms with E-state index in [1.165, 1.54) is 0 Å². The van der Waals surface area contributed by atoms with Crippen LogP contribution in [0.5, 0.6) is 5.75 Å². The summed E-state index contributed by atoms with van der Waals surface area (Å²) in [6.45, 7) is 0.913. The highest BCUT2D eigenvalue weighted by atomic mass is 19.4. The van der Waals surface area contributed by atoms with Crippen LogP contribution in [0.2, 0.25) is 0 Å². The van der Waals surface area contributed by atoms with Crippen LogP contribution in [0.4, 0.5) is 22.0 Å². The topological polar surface area (TPSA) is 26.3 Å². The van der Waals surface area contributed by atoms with E-state index in [9.17, 15) is 26.7 Å². The standard InChI is InChI=1S/C9H5F5O2/c1-4(15)5-2-6(10)7(11)3-8(5)16-9(12,13)14/h2-3H,1H3. The van der Waals surface area contributed by atoms with Crippen LogP contribution in [-0.4, -0.2) is 12.1 Å². The molecule has 0 spiro atoms. The Morgan fingerprint density at radius 3 is 2.12 bits per heavy atom. The predicted molar refractivity (Wildman–Crippen MR) is 43.0 cm³/mol. The first-order valence-electron chi connectivity index (χ1n) is 3.96. The van der Waals surface area contributed by atoms with E-state index in [0.29, 0.717) is 6.07 Å². The van der Waals surface area contributed by atoms with Gasteiger partial charge in [0.2, 0.25) is 0 Å². The molecular weight excluding hydrogens is 235 g/mol. The third-order valence-electron chi connectivity index (χ3n) is 1.63. The molecule has 0 atom stereocenters. The molecule has 0 bridgehead atoms. The fraction of sp³-hybridized carbons (Fsp3) is 0.222. The molecule has 0 radical (unpaired) electrons. The summed E-state index contributed by atoms with van der Waals surface area (Å²) < 4.78 is 64.4. The highest BCUT2D eigenvalue weighted by Gasteiger charge is 2.33. The van der Waals surface area contributed by atoms with Crippen molar-refractivity contribution >= 4 is 5.78 Å². The molecule has 88 valence electrons. The minimum absolute atomic E-state index is 0.180. The molecule has 0 aliphatic heterocycles. The SMILES string of the molecule is CC(=O)c1cc(F)c(F)cc1OC(F)(F)F. The second kappa shape index (κ2) is 4.07. The van der Waals surface area contributed by atoms with Crippen molar-refractivity contribution in [2.45, 2.75) is 13.3 Å². The Kier molecular flexibility index (Phi) is 3.16. The van der Waals surface area contributed by atoms with Gasteiger partial charge >= 0.3 is 6.36 Å². The van der Waals surface area contributed by atoms with Crippen LogP contribution in [0, 0.1) is 11.6 Å². The van der Waals surface area contributed by atoms with Crippen LogP contribution >= 0.6 is 0 Å². The van der Waals surface area contributed by atoms with Crippen molar-refractivity contribution in [1.29, 1.82) is 0 Å². The number of hydrogen-bond acceptors (Lipinski definition) is 2. The Hall–Kier alpha value is -1.66. The minimum atomic E-state index is -5.07. The van der Waals surface area contributed by atoms with E-state index in [1.54, 1.807) is 0 Å². The Labute approximate surface area is 86.6 Å². The van der Waals surface area contributed by atoms with Gasteiger partial charge in [0, 0.05) is 6.07 Å². The molecule has 0 aliphatic carbocycles. The van der Waals surface area contributed by atoms with Gasteiger partial charge in [-0.05, 0) is 13.0 Å². The monoisotopic (exact) mass is 240 g/mol. The van der Waals surface area contributed by atoms with Gasteiger partial charge in [0.25, 0.3) is 0 Å². The van der Waals surface area contributed by atoms with Crippen LogP contribution in [0.3, 0.4) is 0 Å². The summed E-state index contributed by atoms with van der Waals surface area (Å²) in [4.78, 5) is 10.9. The maximum Gasteiger partial charge on any atom is 0.573 e. The third-order valence-corrected chi connectivity index (χ3v) is 1.63. The molecule has 1 rings (SSSR count). The summed E-state index contributed by atoms with van der Waals surface area (Å²) >= 11 is 0. The quantitative estimate of drug-likeness (QED) is 0.586. The molecule has 0 aromatic heterocycles. The lowest BCUT2D eigenvalue weighted by Crippen LogP contribution is -2.19. The highest BCUT2D eigenvalue weighted by molar-refractivity contribution is 5.96. The number of rotatable bonds is 2. The number of carbonyl (C=O) groups excluding carboxylic acids is 1. The van der Waals surface area contributed by atoms with Gasteiger partial charge in [-0.3, -0.25) is 4.79 Å². The number of alkyl halides is 3. The Morgan fingerprint density at radius 2 is 1.69 bits per heavy atom. The van der Waals surface area contributed by atoms with Crippen molar-refractivity contribution in [3.05, 3.63) is 29.3 Å². The Balaban J connectivity index is 3.25. The van der Waals surface area contributed by atoms with Crippen molar-refractivity contribution in [3.8, 4) is 5.75 Å². The lowest BCUT2D eigenvalue weighted by Gasteiger charge is -2.12. The second-order valence-corrected chi connectivity index (χ2v) is 2.87. The van der Waals surface area contributed by atoms with E-state index >= 15 is 0 Å². The van der Waals surface area contributed by atoms with Crippen LogP contribution in [0.25, 0.3) is 0 Å². The molecule has 0 fully saturated rings. The molecule has 1 aromatic carbocycles. The van der Waals surface area contributed by atoms with E-state index in [2.05, 4.69) is 4.74 Å². The number of hydrogen-bond donors (Lipinski definition) is 0. The lowest BCUT2D eigenvalue weighted by atomic mass is 10.1.